The summed E-state index contributed by atoms with van der Waals surface area (Å²) < 4.78 is 43.0. The highest BCUT2D eigenvalue weighted by molar-refractivity contribution is 5.92. The smallest absolute Gasteiger partial charge is 0.377 e. The maximum Gasteiger partial charge on any atom is 0.408 e. The number of carbonyl (C=O) groups is 2. The Morgan fingerprint density at radius 1 is 1.46 bits per heavy atom. The molecule has 134 valence electrons. The van der Waals surface area contributed by atoms with E-state index in [1.165, 1.54) is 18.0 Å². The van der Waals surface area contributed by atoms with Crippen LogP contribution in [0.4, 0.5) is 18.0 Å². The van der Waals surface area contributed by atoms with E-state index in [2.05, 4.69) is 15.7 Å². The first-order valence-electron chi connectivity index (χ1n) is 7.24. The van der Waals surface area contributed by atoms with Crippen molar-refractivity contribution >= 4 is 11.9 Å². The van der Waals surface area contributed by atoms with Crippen molar-refractivity contribution < 1.29 is 27.5 Å². The molecule has 1 aromatic heterocycles. The van der Waals surface area contributed by atoms with E-state index in [9.17, 15) is 22.8 Å². The molecule has 1 fully saturated rings. The number of morpholine rings is 1. The first-order valence-corrected chi connectivity index (χ1v) is 7.24. The number of nitrogens with one attached hydrogen (secondary N) is 2. The fourth-order valence-corrected chi connectivity index (χ4v) is 2.28. The van der Waals surface area contributed by atoms with Gasteiger partial charge in [0.15, 0.2) is 0 Å². The number of alkyl halides is 3. The van der Waals surface area contributed by atoms with Gasteiger partial charge in [-0.3, -0.25) is 9.48 Å². The maximum atomic E-state index is 12.5. The van der Waals surface area contributed by atoms with Crippen molar-refractivity contribution in [3.63, 3.8) is 0 Å². The zero-order valence-electron chi connectivity index (χ0n) is 13.0. The average Bonchev–Trinajstić information content (AvgIpc) is 2.98. The van der Waals surface area contributed by atoms with Gasteiger partial charge in [0, 0.05) is 26.3 Å². The minimum Gasteiger partial charge on any atom is -0.377 e. The van der Waals surface area contributed by atoms with Crippen LogP contribution in [-0.4, -0.2) is 72.2 Å². The molecule has 11 heteroatoms. The number of amides is 3. The second-order valence-electron chi connectivity index (χ2n) is 5.20. The number of urea groups is 1. The van der Waals surface area contributed by atoms with Gasteiger partial charge in [-0.15, -0.1) is 0 Å². The predicted molar refractivity (Wildman–Crippen MR) is 76.4 cm³/mol. The SMILES string of the molecule is CNC(=O)NCC1COCCN1C(=O)c1ccn(CC(F)(F)F)n1. The van der Waals surface area contributed by atoms with Crippen LogP contribution in [0.5, 0.6) is 0 Å². The molecule has 24 heavy (non-hydrogen) atoms. The number of hydrogen-bond donors (Lipinski definition) is 2. The highest BCUT2D eigenvalue weighted by Crippen LogP contribution is 2.17. The van der Waals surface area contributed by atoms with Crippen molar-refractivity contribution in [3.8, 4) is 0 Å². The van der Waals surface area contributed by atoms with E-state index < -0.39 is 30.7 Å². The lowest BCUT2D eigenvalue weighted by Gasteiger charge is -2.35. The summed E-state index contributed by atoms with van der Waals surface area (Å²) in [6.07, 6.45) is -3.30. The van der Waals surface area contributed by atoms with E-state index in [0.717, 1.165) is 6.20 Å². The number of aromatic nitrogens is 2. The maximum absolute atomic E-state index is 12.5. The molecule has 1 saturated heterocycles. The summed E-state index contributed by atoms with van der Waals surface area (Å²) in [4.78, 5) is 25.2. The van der Waals surface area contributed by atoms with Crippen LogP contribution in [0.1, 0.15) is 10.5 Å². The Hall–Kier alpha value is -2.30. The van der Waals surface area contributed by atoms with Crippen molar-refractivity contribution in [2.24, 2.45) is 0 Å². The molecule has 0 spiro atoms. The predicted octanol–water partition coefficient (Wildman–Crippen LogP) is 0.215. The van der Waals surface area contributed by atoms with Crippen molar-refractivity contribution in [1.82, 2.24) is 25.3 Å². The molecule has 2 N–H and O–H groups in total. The zero-order valence-corrected chi connectivity index (χ0v) is 13.0. The fourth-order valence-electron chi connectivity index (χ4n) is 2.28. The highest BCUT2D eigenvalue weighted by Gasteiger charge is 2.31. The lowest BCUT2D eigenvalue weighted by atomic mass is 10.2. The first-order chi connectivity index (χ1) is 11.3. The molecule has 0 radical (unpaired) electrons. The second-order valence-corrected chi connectivity index (χ2v) is 5.20. The molecule has 1 atom stereocenters. The lowest BCUT2D eigenvalue weighted by molar-refractivity contribution is -0.142. The number of hydrogen-bond acceptors (Lipinski definition) is 4. The van der Waals surface area contributed by atoms with Crippen molar-refractivity contribution in [1.29, 1.82) is 0 Å². The van der Waals surface area contributed by atoms with E-state index in [1.54, 1.807) is 0 Å². The van der Waals surface area contributed by atoms with E-state index >= 15 is 0 Å². The molecule has 0 saturated carbocycles. The number of carbonyl (C=O) groups excluding carboxylic acids is 2. The van der Waals surface area contributed by atoms with Gasteiger partial charge in [0.2, 0.25) is 0 Å². The molecule has 1 unspecified atom stereocenters. The standard InChI is InChI=1S/C13H18F3N5O3/c1-17-12(23)18-6-9-7-24-5-4-21(9)11(22)10-2-3-20(19-10)8-13(14,15)16/h2-3,9H,4-8H2,1H3,(H2,17,18,23). The highest BCUT2D eigenvalue weighted by atomic mass is 19.4. The molecule has 1 aromatic rings. The Balaban J connectivity index is 2.04. The summed E-state index contributed by atoms with van der Waals surface area (Å²) in [6.45, 7) is -0.296. The van der Waals surface area contributed by atoms with Gasteiger partial charge in [0.25, 0.3) is 5.91 Å². The van der Waals surface area contributed by atoms with Crippen LogP contribution in [0.3, 0.4) is 0 Å². The molecule has 8 nitrogen and oxygen atoms in total. The van der Waals surface area contributed by atoms with Crippen LogP contribution in [-0.2, 0) is 11.3 Å². The van der Waals surface area contributed by atoms with Gasteiger partial charge in [-0.25, -0.2) is 4.79 Å². The third kappa shape index (κ3) is 4.85. The van der Waals surface area contributed by atoms with Gasteiger partial charge in [0.1, 0.15) is 12.2 Å². The topological polar surface area (TPSA) is 88.5 Å². The molecule has 2 rings (SSSR count). The van der Waals surface area contributed by atoms with Crippen molar-refractivity contribution in [3.05, 3.63) is 18.0 Å². The molecular weight excluding hydrogens is 331 g/mol. The summed E-state index contributed by atoms with van der Waals surface area (Å²) >= 11 is 0. The van der Waals surface area contributed by atoms with E-state index in [-0.39, 0.29) is 25.4 Å². The summed E-state index contributed by atoms with van der Waals surface area (Å²) in [7, 11) is 1.46. The third-order valence-electron chi connectivity index (χ3n) is 3.41. The summed E-state index contributed by atoms with van der Waals surface area (Å²) in [5.74, 6) is -0.497. The van der Waals surface area contributed by atoms with Gasteiger partial charge < -0.3 is 20.3 Å². The van der Waals surface area contributed by atoms with Crippen LogP contribution in [0.15, 0.2) is 12.3 Å². The van der Waals surface area contributed by atoms with Crippen LogP contribution in [0.2, 0.25) is 0 Å². The van der Waals surface area contributed by atoms with Crippen LogP contribution < -0.4 is 10.6 Å². The minimum atomic E-state index is -4.41. The van der Waals surface area contributed by atoms with Gasteiger partial charge in [-0.1, -0.05) is 0 Å². The molecule has 1 aliphatic heterocycles. The van der Waals surface area contributed by atoms with Gasteiger partial charge in [-0.05, 0) is 6.07 Å². The fraction of sp³-hybridized carbons (Fsp3) is 0.615. The second kappa shape index (κ2) is 7.51. The quantitative estimate of drug-likeness (QED) is 0.814. The summed E-state index contributed by atoms with van der Waals surface area (Å²) in [5, 5.41) is 8.65. The first kappa shape index (κ1) is 18.0. The lowest BCUT2D eigenvalue weighted by Crippen LogP contribution is -2.54. The summed E-state index contributed by atoms with van der Waals surface area (Å²) in [6, 6.07) is 0.422. The van der Waals surface area contributed by atoms with E-state index in [4.69, 9.17) is 4.74 Å². The molecular formula is C13H18F3N5O3. The Morgan fingerprint density at radius 2 is 2.21 bits per heavy atom. The van der Waals surface area contributed by atoms with Crippen LogP contribution in [0.25, 0.3) is 0 Å². The molecule has 2 heterocycles. The van der Waals surface area contributed by atoms with Gasteiger partial charge in [-0.2, -0.15) is 18.3 Å². The normalized spacial score (nSPS) is 18.3. The van der Waals surface area contributed by atoms with Crippen LogP contribution >= 0.6 is 0 Å². The number of rotatable bonds is 4. The molecule has 3 amide bonds. The third-order valence-corrected chi connectivity index (χ3v) is 3.41. The molecule has 0 aliphatic carbocycles. The molecule has 0 aromatic carbocycles. The van der Waals surface area contributed by atoms with E-state index in [0.29, 0.717) is 11.3 Å². The zero-order chi connectivity index (χ0) is 17.7. The molecule has 1 aliphatic rings. The van der Waals surface area contributed by atoms with Crippen molar-refractivity contribution in [2.75, 3.05) is 33.4 Å². The molecule has 0 bridgehead atoms. The minimum absolute atomic E-state index is 0.0777. The number of halogens is 3. The Kier molecular flexibility index (Phi) is 5.65. The number of nitrogens with zero attached hydrogens (tertiary/aromatic N) is 3. The van der Waals surface area contributed by atoms with Gasteiger partial charge >= 0.3 is 12.2 Å². The van der Waals surface area contributed by atoms with E-state index in [1.807, 2.05) is 0 Å². The van der Waals surface area contributed by atoms with Crippen molar-refractivity contribution in [2.45, 2.75) is 18.8 Å². The van der Waals surface area contributed by atoms with Gasteiger partial charge in [0.05, 0.1) is 19.3 Å². The largest absolute Gasteiger partial charge is 0.408 e. The Morgan fingerprint density at radius 3 is 2.88 bits per heavy atom. The number of ether oxygens (including phenoxy) is 1. The Bertz CT molecular complexity index is 590. The van der Waals surface area contributed by atoms with Crippen LogP contribution in [0, 0.1) is 0 Å². The Labute approximate surface area is 135 Å². The average molecular weight is 349 g/mol. The summed E-state index contributed by atoms with van der Waals surface area (Å²) in [5.41, 5.74) is -0.0777. The monoisotopic (exact) mass is 349 g/mol.